The molecule has 1 aromatic carbocycles. The molecule has 2 rings (SSSR count). The molecule has 0 unspecified atom stereocenters. The summed E-state index contributed by atoms with van der Waals surface area (Å²) < 4.78 is 27.3. The number of carboxylic acid groups (broad SMARTS) is 1. The average molecular weight is 252 g/mol. The van der Waals surface area contributed by atoms with Crippen LogP contribution in [0.3, 0.4) is 0 Å². The third kappa shape index (κ3) is 2.22. The molecule has 2 aromatic rings. The average Bonchev–Trinajstić information content (AvgIpc) is 2.64. The van der Waals surface area contributed by atoms with Gasteiger partial charge in [0.05, 0.1) is 18.3 Å². The van der Waals surface area contributed by atoms with Crippen LogP contribution in [0.25, 0.3) is 5.69 Å². The summed E-state index contributed by atoms with van der Waals surface area (Å²) in [6, 6.07) is 3.39. The first-order chi connectivity index (χ1) is 8.49. The topological polar surface area (TPSA) is 55.1 Å². The Hall–Kier alpha value is -2.24. The summed E-state index contributed by atoms with van der Waals surface area (Å²) >= 11 is 0. The van der Waals surface area contributed by atoms with Gasteiger partial charge in [-0.15, -0.1) is 0 Å². The van der Waals surface area contributed by atoms with Gasteiger partial charge < -0.3 is 5.11 Å². The molecule has 0 aliphatic heterocycles. The highest BCUT2D eigenvalue weighted by atomic mass is 19.2. The first-order valence-electron chi connectivity index (χ1n) is 5.19. The second-order valence-corrected chi connectivity index (χ2v) is 3.84. The van der Waals surface area contributed by atoms with E-state index in [1.165, 1.54) is 16.9 Å². The highest BCUT2D eigenvalue weighted by Crippen LogP contribution is 2.17. The van der Waals surface area contributed by atoms with Crippen molar-refractivity contribution in [3.8, 4) is 5.69 Å². The lowest BCUT2D eigenvalue weighted by molar-refractivity contribution is -0.136. The van der Waals surface area contributed by atoms with Crippen LogP contribution in [0.4, 0.5) is 8.78 Å². The molecule has 1 N–H and O–H groups in total. The molecule has 0 aliphatic rings. The molecule has 0 saturated carbocycles. The lowest BCUT2D eigenvalue weighted by Gasteiger charge is -2.05. The summed E-state index contributed by atoms with van der Waals surface area (Å²) in [6.45, 7) is 1.67. The van der Waals surface area contributed by atoms with Gasteiger partial charge in [-0.3, -0.25) is 4.79 Å². The standard InChI is InChI=1S/C12H10F2N2O2/c1-7-8(4-12(17)18)6-15-16(7)9-2-3-10(13)11(14)5-9/h2-3,5-6H,4H2,1H3,(H,17,18). The van der Waals surface area contributed by atoms with E-state index in [-0.39, 0.29) is 6.42 Å². The number of aromatic nitrogens is 2. The van der Waals surface area contributed by atoms with Crippen LogP contribution in [0.2, 0.25) is 0 Å². The van der Waals surface area contributed by atoms with Crippen LogP contribution in [0, 0.1) is 18.6 Å². The maximum atomic E-state index is 13.1. The summed E-state index contributed by atoms with van der Waals surface area (Å²) in [6.07, 6.45) is 1.25. The first-order valence-corrected chi connectivity index (χ1v) is 5.19. The summed E-state index contributed by atoms with van der Waals surface area (Å²) in [7, 11) is 0. The van der Waals surface area contributed by atoms with Gasteiger partial charge in [0.2, 0.25) is 0 Å². The molecule has 0 fully saturated rings. The molecule has 94 valence electrons. The van der Waals surface area contributed by atoms with Crippen LogP contribution in [0.5, 0.6) is 0 Å². The van der Waals surface area contributed by atoms with Crippen molar-refractivity contribution in [1.82, 2.24) is 9.78 Å². The van der Waals surface area contributed by atoms with Gasteiger partial charge in [0.1, 0.15) is 0 Å². The smallest absolute Gasteiger partial charge is 0.307 e. The van der Waals surface area contributed by atoms with Gasteiger partial charge in [0.15, 0.2) is 11.6 Å². The fraction of sp³-hybridized carbons (Fsp3) is 0.167. The molecule has 6 heteroatoms. The van der Waals surface area contributed by atoms with E-state index in [2.05, 4.69) is 5.10 Å². The third-order valence-electron chi connectivity index (χ3n) is 2.60. The van der Waals surface area contributed by atoms with E-state index >= 15 is 0 Å². The number of carbonyl (C=O) groups is 1. The fourth-order valence-electron chi connectivity index (χ4n) is 1.66. The Bertz CT molecular complexity index is 608. The second kappa shape index (κ2) is 4.56. The number of aliphatic carboxylic acids is 1. The van der Waals surface area contributed by atoms with Crippen molar-refractivity contribution >= 4 is 5.97 Å². The van der Waals surface area contributed by atoms with Crippen molar-refractivity contribution in [1.29, 1.82) is 0 Å². The van der Waals surface area contributed by atoms with Gasteiger partial charge >= 0.3 is 5.97 Å². The molecule has 0 amide bonds. The molecular formula is C12H10F2N2O2. The van der Waals surface area contributed by atoms with Crippen molar-refractivity contribution in [2.75, 3.05) is 0 Å². The van der Waals surface area contributed by atoms with Gasteiger partial charge in [0, 0.05) is 17.3 Å². The fourth-order valence-corrected chi connectivity index (χ4v) is 1.66. The summed E-state index contributed by atoms with van der Waals surface area (Å²) in [5.41, 5.74) is 1.47. The molecular weight excluding hydrogens is 242 g/mol. The first kappa shape index (κ1) is 12.2. The highest BCUT2D eigenvalue weighted by Gasteiger charge is 2.12. The zero-order valence-electron chi connectivity index (χ0n) is 9.52. The summed E-state index contributed by atoms with van der Waals surface area (Å²) in [5, 5.41) is 12.7. The minimum absolute atomic E-state index is 0.157. The zero-order chi connectivity index (χ0) is 13.3. The predicted octanol–water partition coefficient (Wildman–Crippen LogP) is 2.09. The molecule has 0 saturated heterocycles. The molecule has 1 aromatic heterocycles. The number of hydrogen-bond donors (Lipinski definition) is 1. The van der Waals surface area contributed by atoms with E-state index < -0.39 is 17.6 Å². The Morgan fingerprint density at radius 2 is 2.11 bits per heavy atom. The Morgan fingerprint density at radius 1 is 1.39 bits per heavy atom. The number of benzene rings is 1. The minimum atomic E-state index is -0.970. The van der Waals surface area contributed by atoms with Crippen LogP contribution in [-0.4, -0.2) is 20.9 Å². The Morgan fingerprint density at radius 3 is 2.72 bits per heavy atom. The molecule has 0 spiro atoms. The predicted molar refractivity (Wildman–Crippen MR) is 59.6 cm³/mol. The number of carboxylic acids is 1. The van der Waals surface area contributed by atoms with Crippen LogP contribution in [-0.2, 0) is 11.2 Å². The van der Waals surface area contributed by atoms with Crippen molar-refractivity contribution < 1.29 is 18.7 Å². The maximum absolute atomic E-state index is 13.1. The van der Waals surface area contributed by atoms with Gasteiger partial charge in [0.25, 0.3) is 0 Å². The molecule has 18 heavy (non-hydrogen) atoms. The van der Waals surface area contributed by atoms with E-state index in [0.29, 0.717) is 16.9 Å². The normalized spacial score (nSPS) is 10.6. The molecule has 1 heterocycles. The third-order valence-corrected chi connectivity index (χ3v) is 2.60. The highest BCUT2D eigenvalue weighted by molar-refractivity contribution is 5.70. The van der Waals surface area contributed by atoms with Crippen LogP contribution in [0.1, 0.15) is 11.3 Å². The zero-order valence-corrected chi connectivity index (χ0v) is 9.52. The van der Waals surface area contributed by atoms with Crippen molar-refractivity contribution in [2.24, 2.45) is 0 Å². The molecule has 4 nitrogen and oxygen atoms in total. The van der Waals surface area contributed by atoms with Crippen LogP contribution in [0.15, 0.2) is 24.4 Å². The molecule has 0 atom stereocenters. The molecule has 0 radical (unpaired) electrons. The van der Waals surface area contributed by atoms with Crippen molar-refractivity contribution in [3.63, 3.8) is 0 Å². The Labute approximate surface area is 101 Å². The van der Waals surface area contributed by atoms with E-state index in [9.17, 15) is 13.6 Å². The van der Waals surface area contributed by atoms with E-state index in [4.69, 9.17) is 5.11 Å². The number of hydrogen-bond acceptors (Lipinski definition) is 2. The van der Waals surface area contributed by atoms with E-state index in [0.717, 1.165) is 12.1 Å². The Kier molecular flexibility index (Phi) is 3.10. The van der Waals surface area contributed by atoms with Crippen molar-refractivity contribution in [3.05, 3.63) is 47.3 Å². The number of nitrogens with zero attached hydrogens (tertiary/aromatic N) is 2. The van der Waals surface area contributed by atoms with Crippen LogP contribution < -0.4 is 0 Å². The lowest BCUT2D eigenvalue weighted by Crippen LogP contribution is -2.03. The number of halogens is 2. The minimum Gasteiger partial charge on any atom is -0.481 e. The Balaban J connectivity index is 2.42. The monoisotopic (exact) mass is 252 g/mol. The second-order valence-electron chi connectivity index (χ2n) is 3.84. The van der Waals surface area contributed by atoms with E-state index in [1.54, 1.807) is 6.92 Å². The SMILES string of the molecule is Cc1c(CC(=O)O)cnn1-c1ccc(F)c(F)c1. The summed E-state index contributed by atoms with van der Waals surface area (Å²) in [4.78, 5) is 10.6. The molecule has 0 bridgehead atoms. The van der Waals surface area contributed by atoms with Gasteiger partial charge in [-0.1, -0.05) is 0 Å². The van der Waals surface area contributed by atoms with Gasteiger partial charge in [-0.05, 0) is 19.1 Å². The maximum Gasteiger partial charge on any atom is 0.307 e. The number of rotatable bonds is 3. The lowest BCUT2D eigenvalue weighted by atomic mass is 10.2. The van der Waals surface area contributed by atoms with E-state index in [1.807, 2.05) is 0 Å². The largest absolute Gasteiger partial charge is 0.481 e. The molecule has 0 aliphatic carbocycles. The summed E-state index contributed by atoms with van der Waals surface area (Å²) in [5.74, 6) is -2.88. The van der Waals surface area contributed by atoms with Gasteiger partial charge in [-0.25, -0.2) is 13.5 Å². The van der Waals surface area contributed by atoms with Gasteiger partial charge in [-0.2, -0.15) is 5.10 Å². The van der Waals surface area contributed by atoms with Crippen LogP contribution >= 0.6 is 0 Å². The van der Waals surface area contributed by atoms with Crippen molar-refractivity contribution in [2.45, 2.75) is 13.3 Å². The quantitative estimate of drug-likeness (QED) is 0.909.